The van der Waals surface area contributed by atoms with Crippen molar-refractivity contribution in [2.45, 2.75) is 19.0 Å². The summed E-state index contributed by atoms with van der Waals surface area (Å²) >= 11 is 0. The number of rotatable bonds is 6. The third-order valence-corrected chi connectivity index (χ3v) is 6.74. The van der Waals surface area contributed by atoms with Crippen LogP contribution >= 0.6 is 0 Å². The third-order valence-electron chi connectivity index (χ3n) is 3.75. The summed E-state index contributed by atoms with van der Waals surface area (Å²) in [5.74, 6) is -0.410. The Balaban J connectivity index is 1.99. The molecule has 0 N–H and O–H groups in total. The van der Waals surface area contributed by atoms with Crippen LogP contribution in [0.5, 0.6) is 0 Å². The number of hydrogen-bond donors (Lipinski definition) is 0. The molecule has 2 amide bonds. The lowest BCUT2D eigenvalue weighted by molar-refractivity contribution is 0.0652. The number of fused-ring (bicyclic) bond motifs is 1. The number of nitrogens with zero attached hydrogens (tertiary/aromatic N) is 1. The molecule has 1 aromatic rings. The minimum atomic E-state index is -2.14. The van der Waals surface area contributed by atoms with Crippen LogP contribution in [0.3, 0.4) is 0 Å². The molecule has 1 aliphatic heterocycles. The fourth-order valence-corrected chi connectivity index (χ4v) is 3.66. The standard InChI is InChI=1S/C14H19NO4Si/c1-18-20(3,19-2)10-6-9-15-13(16)11-7-4-5-8-12(11)14(15)17/h4-5,7-8H,6,9-10H2,1-3H3. The first-order chi connectivity index (χ1) is 9.52. The van der Waals surface area contributed by atoms with E-state index in [2.05, 4.69) is 0 Å². The van der Waals surface area contributed by atoms with Gasteiger partial charge in [-0.1, -0.05) is 12.1 Å². The van der Waals surface area contributed by atoms with Gasteiger partial charge >= 0.3 is 8.56 Å². The molecular weight excluding hydrogens is 274 g/mol. The molecular formula is C14H19NO4Si. The molecule has 0 saturated carbocycles. The molecule has 0 atom stereocenters. The average molecular weight is 293 g/mol. The van der Waals surface area contributed by atoms with Gasteiger partial charge in [-0.25, -0.2) is 0 Å². The van der Waals surface area contributed by atoms with Gasteiger partial charge in [-0.2, -0.15) is 0 Å². The van der Waals surface area contributed by atoms with Crippen molar-refractivity contribution < 1.29 is 18.4 Å². The van der Waals surface area contributed by atoms with Crippen molar-refractivity contribution in [3.8, 4) is 0 Å². The molecule has 1 aliphatic rings. The van der Waals surface area contributed by atoms with Crippen LogP contribution < -0.4 is 0 Å². The molecule has 0 radical (unpaired) electrons. The molecule has 0 unspecified atom stereocenters. The Hall–Kier alpha value is -1.50. The summed E-state index contributed by atoms with van der Waals surface area (Å²) in [5.41, 5.74) is 0.993. The van der Waals surface area contributed by atoms with E-state index in [0.29, 0.717) is 24.1 Å². The lowest BCUT2D eigenvalue weighted by Gasteiger charge is -2.23. The summed E-state index contributed by atoms with van der Waals surface area (Å²) in [4.78, 5) is 25.6. The Kier molecular flexibility index (Phi) is 4.37. The van der Waals surface area contributed by atoms with Gasteiger partial charge in [0.2, 0.25) is 0 Å². The molecule has 6 heteroatoms. The fraction of sp³-hybridized carbons (Fsp3) is 0.429. The van der Waals surface area contributed by atoms with E-state index in [1.807, 2.05) is 6.55 Å². The van der Waals surface area contributed by atoms with Crippen molar-refractivity contribution in [2.75, 3.05) is 20.8 Å². The lowest BCUT2D eigenvalue weighted by atomic mass is 10.1. The first-order valence-electron chi connectivity index (χ1n) is 6.58. The van der Waals surface area contributed by atoms with Crippen molar-refractivity contribution in [3.63, 3.8) is 0 Å². The average Bonchev–Trinajstić information content (AvgIpc) is 2.72. The van der Waals surface area contributed by atoms with Crippen LogP contribution in [0.4, 0.5) is 0 Å². The maximum atomic E-state index is 12.2. The maximum absolute atomic E-state index is 12.2. The van der Waals surface area contributed by atoms with Crippen LogP contribution in [0.15, 0.2) is 24.3 Å². The van der Waals surface area contributed by atoms with Crippen molar-refractivity contribution in [1.82, 2.24) is 4.90 Å². The summed E-state index contributed by atoms with van der Waals surface area (Å²) in [6, 6.07) is 7.67. The van der Waals surface area contributed by atoms with Gasteiger partial charge < -0.3 is 8.85 Å². The van der Waals surface area contributed by atoms with Crippen LogP contribution in [-0.2, 0) is 8.85 Å². The van der Waals surface area contributed by atoms with Gasteiger partial charge in [0, 0.05) is 20.8 Å². The molecule has 1 heterocycles. The Morgan fingerprint density at radius 1 is 1.05 bits per heavy atom. The van der Waals surface area contributed by atoms with Crippen LogP contribution in [0.2, 0.25) is 12.6 Å². The number of hydrogen-bond acceptors (Lipinski definition) is 4. The first kappa shape index (κ1) is 14.9. The van der Waals surface area contributed by atoms with Gasteiger partial charge in [0.1, 0.15) is 0 Å². The zero-order valence-corrected chi connectivity index (χ0v) is 13.0. The molecule has 1 aromatic carbocycles. The monoisotopic (exact) mass is 293 g/mol. The van der Waals surface area contributed by atoms with E-state index < -0.39 is 8.56 Å². The molecule has 0 fully saturated rings. The number of benzene rings is 1. The SMILES string of the molecule is CO[Si](C)(CCCN1C(=O)c2ccccc2C1=O)OC. The molecule has 108 valence electrons. The molecule has 0 bridgehead atoms. The summed E-state index contributed by atoms with van der Waals surface area (Å²) in [7, 11) is 1.13. The summed E-state index contributed by atoms with van der Waals surface area (Å²) in [6.07, 6.45) is 0.690. The molecule has 0 spiro atoms. The Morgan fingerprint density at radius 3 is 2.00 bits per heavy atom. The largest absolute Gasteiger partial charge is 0.398 e. The van der Waals surface area contributed by atoms with E-state index in [9.17, 15) is 9.59 Å². The normalized spacial score (nSPS) is 14.8. The molecule has 0 aliphatic carbocycles. The van der Waals surface area contributed by atoms with E-state index in [1.165, 1.54) is 4.90 Å². The Labute approximate surface area is 119 Å². The summed E-state index contributed by atoms with van der Waals surface area (Å²) in [5, 5.41) is 0. The van der Waals surface area contributed by atoms with Gasteiger partial charge in [-0.05, 0) is 31.1 Å². The number of imide groups is 1. The Bertz CT molecular complexity index is 493. The van der Waals surface area contributed by atoms with Crippen molar-refractivity contribution in [1.29, 1.82) is 0 Å². The van der Waals surface area contributed by atoms with Crippen molar-refractivity contribution in [2.24, 2.45) is 0 Å². The van der Waals surface area contributed by atoms with Crippen LogP contribution in [0.1, 0.15) is 27.1 Å². The topological polar surface area (TPSA) is 55.8 Å². The molecule has 5 nitrogen and oxygen atoms in total. The van der Waals surface area contributed by atoms with E-state index >= 15 is 0 Å². The highest BCUT2D eigenvalue weighted by Crippen LogP contribution is 2.23. The van der Waals surface area contributed by atoms with Gasteiger partial charge in [0.25, 0.3) is 11.8 Å². The number of amides is 2. The summed E-state index contributed by atoms with van der Waals surface area (Å²) in [6.45, 7) is 2.37. The first-order valence-corrected chi connectivity index (χ1v) is 9.10. The second kappa shape index (κ2) is 5.86. The maximum Gasteiger partial charge on any atom is 0.334 e. The Morgan fingerprint density at radius 2 is 1.55 bits per heavy atom. The minimum absolute atomic E-state index is 0.205. The zero-order chi connectivity index (χ0) is 14.8. The van der Waals surface area contributed by atoms with Crippen LogP contribution in [0, 0.1) is 0 Å². The highest BCUT2D eigenvalue weighted by atomic mass is 28.4. The van der Waals surface area contributed by atoms with Crippen LogP contribution in [0.25, 0.3) is 0 Å². The second-order valence-electron chi connectivity index (χ2n) is 4.95. The van der Waals surface area contributed by atoms with Crippen molar-refractivity contribution in [3.05, 3.63) is 35.4 Å². The zero-order valence-electron chi connectivity index (χ0n) is 12.0. The third kappa shape index (κ3) is 2.67. The quantitative estimate of drug-likeness (QED) is 0.595. The van der Waals surface area contributed by atoms with E-state index in [0.717, 1.165) is 6.04 Å². The molecule has 0 aromatic heterocycles. The fourth-order valence-electron chi connectivity index (χ4n) is 2.29. The second-order valence-corrected chi connectivity index (χ2v) is 8.54. The van der Waals surface area contributed by atoms with Crippen LogP contribution in [-0.4, -0.2) is 46.0 Å². The predicted octanol–water partition coefficient (Wildman–Crippen LogP) is 2.04. The summed E-state index contributed by atoms with van der Waals surface area (Å²) < 4.78 is 10.8. The molecule has 0 saturated heterocycles. The highest BCUT2D eigenvalue weighted by molar-refractivity contribution is 6.65. The van der Waals surface area contributed by atoms with Gasteiger partial charge in [-0.15, -0.1) is 0 Å². The van der Waals surface area contributed by atoms with E-state index in [4.69, 9.17) is 8.85 Å². The van der Waals surface area contributed by atoms with Gasteiger partial charge in [0.05, 0.1) is 11.1 Å². The minimum Gasteiger partial charge on any atom is -0.398 e. The number of carbonyl (C=O) groups is 2. The predicted molar refractivity (Wildman–Crippen MR) is 76.9 cm³/mol. The molecule has 20 heavy (non-hydrogen) atoms. The van der Waals surface area contributed by atoms with E-state index in [1.54, 1.807) is 38.5 Å². The smallest absolute Gasteiger partial charge is 0.334 e. The highest BCUT2D eigenvalue weighted by Gasteiger charge is 2.35. The van der Waals surface area contributed by atoms with Gasteiger partial charge in [-0.3, -0.25) is 14.5 Å². The van der Waals surface area contributed by atoms with E-state index in [-0.39, 0.29) is 11.8 Å². The number of carbonyl (C=O) groups excluding carboxylic acids is 2. The van der Waals surface area contributed by atoms with Crippen molar-refractivity contribution >= 4 is 20.4 Å². The lowest BCUT2D eigenvalue weighted by Crippen LogP contribution is -2.38. The molecule has 2 rings (SSSR count). The van der Waals surface area contributed by atoms with Gasteiger partial charge in [0.15, 0.2) is 0 Å².